The lowest BCUT2D eigenvalue weighted by molar-refractivity contribution is -0.0792. The molecule has 0 amide bonds. The van der Waals surface area contributed by atoms with E-state index in [2.05, 4.69) is 41.5 Å². The van der Waals surface area contributed by atoms with Crippen LogP contribution in [0.4, 0.5) is 0 Å². The topological polar surface area (TPSA) is 58.9 Å². The highest BCUT2D eigenvalue weighted by atomic mass is 28.4. The maximum absolute atomic E-state index is 9.96. The Balaban J connectivity index is 2.79. The summed E-state index contributed by atoms with van der Waals surface area (Å²) >= 11 is 0. The normalized spacial score (nSPS) is 27.4. The quantitative estimate of drug-likeness (QED) is 0.741. The predicted octanol–water partition coefficient (Wildman–Crippen LogP) is 2.81. The van der Waals surface area contributed by atoms with E-state index in [0.29, 0.717) is 23.2 Å². The highest BCUT2D eigenvalue weighted by Crippen LogP contribution is 2.42. The number of aliphatic hydroxyl groups is 2. The van der Waals surface area contributed by atoms with Crippen molar-refractivity contribution in [3.63, 3.8) is 0 Å². The van der Waals surface area contributed by atoms with Crippen molar-refractivity contribution in [1.29, 1.82) is 0 Å². The lowest BCUT2D eigenvalue weighted by Crippen LogP contribution is -2.51. The monoisotopic (exact) mass is 302 g/mol. The van der Waals surface area contributed by atoms with Crippen LogP contribution in [-0.4, -0.2) is 43.4 Å². The van der Waals surface area contributed by atoms with Crippen LogP contribution in [0.25, 0.3) is 0 Å². The number of ether oxygens (including phenoxy) is 1. The van der Waals surface area contributed by atoms with Crippen LogP contribution < -0.4 is 0 Å². The van der Waals surface area contributed by atoms with Crippen molar-refractivity contribution in [3.05, 3.63) is 12.3 Å². The van der Waals surface area contributed by atoms with Gasteiger partial charge in [-0.1, -0.05) is 41.5 Å². The Morgan fingerprint density at radius 2 is 1.55 bits per heavy atom. The van der Waals surface area contributed by atoms with Gasteiger partial charge in [0.25, 0.3) is 0 Å². The first kappa shape index (κ1) is 17.7. The molecular weight excluding hydrogens is 272 g/mol. The third-order valence-corrected chi connectivity index (χ3v) is 10.5. The average Bonchev–Trinajstić information content (AvgIpc) is 2.33. The number of rotatable bonds is 6. The largest absolute Gasteiger partial charge is 0.493 e. The molecule has 0 spiro atoms. The summed E-state index contributed by atoms with van der Waals surface area (Å²) in [6.45, 7) is 13.7. The highest BCUT2D eigenvalue weighted by molar-refractivity contribution is 6.77. The third-order valence-electron chi connectivity index (χ3n) is 4.46. The molecule has 0 fully saturated rings. The SMILES string of the molecule is CC(C)[Si](OC[C@H]1OC=C[C@@H](O)[C@@H]1O)(C(C)C)C(C)C. The fraction of sp³-hybridized carbons (Fsp3) is 0.867. The average molecular weight is 302 g/mol. The third kappa shape index (κ3) is 3.45. The summed E-state index contributed by atoms with van der Waals surface area (Å²) in [5.41, 5.74) is 1.47. The molecule has 0 unspecified atom stereocenters. The second kappa shape index (κ2) is 7.07. The van der Waals surface area contributed by atoms with Gasteiger partial charge >= 0.3 is 0 Å². The van der Waals surface area contributed by atoms with E-state index < -0.39 is 26.6 Å². The van der Waals surface area contributed by atoms with Crippen LogP contribution in [0.1, 0.15) is 41.5 Å². The molecule has 0 saturated heterocycles. The fourth-order valence-corrected chi connectivity index (χ4v) is 8.96. The van der Waals surface area contributed by atoms with Crippen LogP contribution in [0, 0.1) is 0 Å². The zero-order valence-corrected chi connectivity index (χ0v) is 14.5. The zero-order chi connectivity index (χ0) is 15.5. The molecule has 0 aromatic rings. The van der Waals surface area contributed by atoms with Gasteiger partial charge in [0, 0.05) is 0 Å². The summed E-state index contributed by atoms with van der Waals surface area (Å²) in [4.78, 5) is 0. The molecule has 4 nitrogen and oxygen atoms in total. The first-order valence-electron chi connectivity index (χ1n) is 7.55. The van der Waals surface area contributed by atoms with E-state index in [1.807, 2.05) is 0 Å². The predicted molar refractivity (Wildman–Crippen MR) is 83.0 cm³/mol. The van der Waals surface area contributed by atoms with E-state index in [-0.39, 0.29) is 0 Å². The molecule has 0 saturated carbocycles. The molecule has 20 heavy (non-hydrogen) atoms. The Morgan fingerprint density at radius 3 is 2.00 bits per heavy atom. The minimum Gasteiger partial charge on any atom is -0.493 e. The van der Waals surface area contributed by atoms with Crippen molar-refractivity contribution >= 4 is 8.32 Å². The maximum atomic E-state index is 9.96. The van der Waals surface area contributed by atoms with E-state index in [4.69, 9.17) is 9.16 Å². The molecule has 0 bridgehead atoms. The second-order valence-corrected chi connectivity index (χ2v) is 12.1. The molecule has 0 aromatic carbocycles. The summed E-state index contributed by atoms with van der Waals surface area (Å²) in [5, 5.41) is 19.6. The standard InChI is InChI=1S/C15H30O4Si/c1-10(2)20(11(3)4,12(5)6)19-9-14-15(17)13(16)7-8-18-14/h7-8,10-17H,9H2,1-6H3/t13-,14-,15+/m1/s1. The van der Waals surface area contributed by atoms with Crippen molar-refractivity contribution in [2.24, 2.45) is 0 Å². The van der Waals surface area contributed by atoms with Crippen LogP contribution >= 0.6 is 0 Å². The highest BCUT2D eigenvalue weighted by Gasteiger charge is 2.46. The number of hydrogen-bond acceptors (Lipinski definition) is 4. The van der Waals surface area contributed by atoms with Gasteiger partial charge in [-0.05, 0) is 22.7 Å². The lowest BCUT2D eigenvalue weighted by atomic mass is 10.1. The van der Waals surface area contributed by atoms with Gasteiger partial charge in [-0.15, -0.1) is 0 Å². The maximum Gasteiger partial charge on any atom is 0.200 e. The molecule has 2 N–H and O–H groups in total. The van der Waals surface area contributed by atoms with Crippen LogP contribution in [0.15, 0.2) is 12.3 Å². The van der Waals surface area contributed by atoms with Gasteiger partial charge in [-0.2, -0.15) is 0 Å². The summed E-state index contributed by atoms with van der Waals surface area (Å²) in [6, 6.07) is 0. The van der Waals surface area contributed by atoms with Crippen molar-refractivity contribution < 1.29 is 19.4 Å². The van der Waals surface area contributed by atoms with Crippen LogP contribution in [-0.2, 0) is 9.16 Å². The van der Waals surface area contributed by atoms with Crippen LogP contribution in [0.2, 0.25) is 16.6 Å². The van der Waals surface area contributed by atoms with E-state index in [9.17, 15) is 10.2 Å². The lowest BCUT2D eigenvalue weighted by Gasteiger charge is -2.43. The van der Waals surface area contributed by atoms with Crippen LogP contribution in [0.3, 0.4) is 0 Å². The molecule has 0 radical (unpaired) electrons. The summed E-state index contributed by atoms with van der Waals surface area (Å²) in [5.74, 6) is 0. The Bertz CT molecular complexity index is 306. The zero-order valence-electron chi connectivity index (χ0n) is 13.5. The van der Waals surface area contributed by atoms with Gasteiger partial charge in [0.1, 0.15) is 18.3 Å². The molecule has 1 heterocycles. The number of aliphatic hydroxyl groups excluding tert-OH is 2. The molecule has 118 valence electrons. The molecule has 0 aromatic heterocycles. The Labute approximate surface area is 123 Å². The molecule has 5 heteroatoms. The van der Waals surface area contributed by atoms with E-state index >= 15 is 0 Å². The van der Waals surface area contributed by atoms with Gasteiger partial charge in [0.15, 0.2) is 0 Å². The number of hydrogen-bond donors (Lipinski definition) is 2. The summed E-state index contributed by atoms with van der Waals surface area (Å²) < 4.78 is 11.8. The molecule has 1 aliphatic heterocycles. The summed E-state index contributed by atoms with van der Waals surface area (Å²) in [6.07, 6.45) is 0.635. The van der Waals surface area contributed by atoms with Crippen molar-refractivity contribution in [2.45, 2.75) is 76.5 Å². The molecule has 3 atom stereocenters. The minimum absolute atomic E-state index is 0.337. The van der Waals surface area contributed by atoms with Gasteiger partial charge in [0.2, 0.25) is 8.32 Å². The molecule has 1 rings (SSSR count). The van der Waals surface area contributed by atoms with Crippen LogP contribution in [0.5, 0.6) is 0 Å². The van der Waals surface area contributed by atoms with Gasteiger partial charge in [-0.3, -0.25) is 0 Å². The first-order chi connectivity index (χ1) is 9.23. The van der Waals surface area contributed by atoms with Crippen molar-refractivity contribution in [2.75, 3.05) is 6.61 Å². The molecule has 1 aliphatic rings. The fourth-order valence-electron chi connectivity index (χ4n) is 3.51. The van der Waals surface area contributed by atoms with Gasteiger partial charge in [0.05, 0.1) is 12.9 Å². The van der Waals surface area contributed by atoms with Gasteiger partial charge < -0.3 is 19.4 Å². The van der Waals surface area contributed by atoms with Crippen molar-refractivity contribution in [3.8, 4) is 0 Å². The molecule has 0 aliphatic carbocycles. The van der Waals surface area contributed by atoms with E-state index in [1.54, 1.807) is 0 Å². The van der Waals surface area contributed by atoms with Gasteiger partial charge in [-0.25, -0.2) is 0 Å². The first-order valence-corrected chi connectivity index (χ1v) is 9.69. The smallest absolute Gasteiger partial charge is 0.200 e. The second-order valence-electron chi connectivity index (χ2n) is 6.61. The Hall–Kier alpha value is -0.363. The Morgan fingerprint density at radius 1 is 1.05 bits per heavy atom. The van der Waals surface area contributed by atoms with E-state index in [0.717, 1.165) is 0 Å². The summed E-state index contributed by atoms with van der Waals surface area (Å²) in [7, 11) is -1.96. The minimum atomic E-state index is -1.96. The van der Waals surface area contributed by atoms with E-state index in [1.165, 1.54) is 12.3 Å². The molecular formula is C15H30O4Si. The van der Waals surface area contributed by atoms with Crippen molar-refractivity contribution in [1.82, 2.24) is 0 Å². The Kier molecular flexibility index (Phi) is 6.25.